The number of fused-ring (bicyclic) bond motifs is 1. The second-order valence-corrected chi connectivity index (χ2v) is 4.39. The Morgan fingerprint density at radius 2 is 2.00 bits per heavy atom. The van der Waals surface area contributed by atoms with Crippen molar-refractivity contribution in [2.45, 2.75) is 13.5 Å². The van der Waals surface area contributed by atoms with E-state index in [9.17, 15) is 9.59 Å². The molecule has 3 N–H and O–H groups in total. The quantitative estimate of drug-likeness (QED) is 0.720. The van der Waals surface area contributed by atoms with Crippen LogP contribution in [0.3, 0.4) is 0 Å². The molecule has 0 unspecified atom stereocenters. The summed E-state index contributed by atoms with van der Waals surface area (Å²) in [5.74, 6) is 0.174. The molecule has 2 amide bonds. The molecule has 0 radical (unpaired) electrons. The van der Waals surface area contributed by atoms with Crippen LogP contribution < -0.4 is 10.6 Å². The molecule has 0 spiro atoms. The van der Waals surface area contributed by atoms with Crippen molar-refractivity contribution in [2.75, 3.05) is 5.32 Å². The Morgan fingerprint density at radius 1 is 1.21 bits per heavy atom. The molecule has 0 atom stereocenters. The second-order valence-electron chi connectivity index (χ2n) is 4.39. The average molecular weight is 256 g/mol. The number of imidazole rings is 1. The van der Waals surface area contributed by atoms with Crippen molar-refractivity contribution < 1.29 is 9.59 Å². The summed E-state index contributed by atoms with van der Waals surface area (Å²) >= 11 is 0. The first-order valence-electron chi connectivity index (χ1n) is 5.87. The summed E-state index contributed by atoms with van der Waals surface area (Å²) in [5, 5.41) is 5.44. The molecule has 1 aliphatic heterocycles. The summed E-state index contributed by atoms with van der Waals surface area (Å²) in [6.45, 7) is 2.46. The first-order valence-corrected chi connectivity index (χ1v) is 5.87. The number of aromatic nitrogens is 2. The second kappa shape index (κ2) is 4.24. The number of aromatic amines is 1. The molecule has 0 aliphatic carbocycles. The van der Waals surface area contributed by atoms with E-state index in [1.54, 1.807) is 24.4 Å². The van der Waals surface area contributed by atoms with Gasteiger partial charge in [-0.1, -0.05) is 0 Å². The van der Waals surface area contributed by atoms with Gasteiger partial charge in [0, 0.05) is 5.69 Å². The minimum atomic E-state index is -0.346. The summed E-state index contributed by atoms with van der Waals surface area (Å²) in [6, 6.07) is 5.11. The number of nitrogens with one attached hydrogen (secondary N) is 3. The minimum Gasteiger partial charge on any atom is -0.379 e. The van der Waals surface area contributed by atoms with Crippen LogP contribution >= 0.6 is 0 Å². The summed E-state index contributed by atoms with van der Waals surface area (Å²) in [4.78, 5) is 30.1. The fraction of sp³-hybridized carbons (Fsp3) is 0.154. The number of H-pyrrole nitrogens is 1. The van der Waals surface area contributed by atoms with Crippen molar-refractivity contribution in [2.24, 2.45) is 0 Å². The molecule has 6 nitrogen and oxygen atoms in total. The van der Waals surface area contributed by atoms with Crippen molar-refractivity contribution in [3.05, 3.63) is 47.0 Å². The zero-order valence-corrected chi connectivity index (χ0v) is 10.3. The highest BCUT2D eigenvalue weighted by Gasteiger charge is 2.26. The van der Waals surface area contributed by atoms with Crippen LogP contribution in [0.5, 0.6) is 0 Å². The lowest BCUT2D eigenvalue weighted by atomic mass is 10.1. The van der Waals surface area contributed by atoms with E-state index in [0.717, 1.165) is 17.2 Å². The molecule has 0 bridgehead atoms. The molecule has 2 heterocycles. The maximum absolute atomic E-state index is 11.5. The van der Waals surface area contributed by atoms with Crippen molar-refractivity contribution >= 4 is 17.5 Å². The third kappa shape index (κ3) is 2.08. The molecule has 3 rings (SSSR count). The van der Waals surface area contributed by atoms with Crippen LogP contribution in [0, 0.1) is 6.92 Å². The number of amides is 2. The molecular formula is C13H12N4O2. The molecule has 1 aliphatic rings. The number of anilines is 1. The predicted octanol–water partition coefficient (Wildman–Crippen LogP) is 1.21. The lowest BCUT2D eigenvalue weighted by Gasteiger charge is -2.05. The number of carbonyl (C=O) groups excluding carboxylic acids is 2. The van der Waals surface area contributed by atoms with Crippen LogP contribution in [0.4, 0.5) is 5.69 Å². The monoisotopic (exact) mass is 256 g/mol. The highest BCUT2D eigenvalue weighted by molar-refractivity contribution is 6.21. The molecule has 2 aromatic rings. The van der Waals surface area contributed by atoms with Gasteiger partial charge in [-0.25, -0.2) is 4.98 Å². The van der Waals surface area contributed by atoms with E-state index in [0.29, 0.717) is 17.7 Å². The zero-order chi connectivity index (χ0) is 13.4. The number of nitrogens with zero attached hydrogens (tertiary/aromatic N) is 1. The largest absolute Gasteiger partial charge is 0.379 e. The molecule has 0 fully saturated rings. The standard InChI is InChI=1S/C13H12N4O2/c1-7-14-5-9(16-7)6-15-8-2-3-10-11(4-8)13(19)17-12(10)18/h2-5,15H,6H2,1H3,(H,14,16)(H,17,18,19). The summed E-state index contributed by atoms with van der Waals surface area (Å²) in [5.41, 5.74) is 2.58. The van der Waals surface area contributed by atoms with Gasteiger partial charge in [-0.3, -0.25) is 14.9 Å². The Balaban J connectivity index is 1.78. The number of rotatable bonds is 3. The van der Waals surface area contributed by atoms with Gasteiger partial charge < -0.3 is 10.3 Å². The van der Waals surface area contributed by atoms with Crippen LogP contribution in [0.1, 0.15) is 32.2 Å². The van der Waals surface area contributed by atoms with Gasteiger partial charge in [0.1, 0.15) is 5.82 Å². The molecule has 0 saturated carbocycles. The van der Waals surface area contributed by atoms with Gasteiger partial charge in [-0.05, 0) is 25.1 Å². The van der Waals surface area contributed by atoms with Gasteiger partial charge in [0.15, 0.2) is 0 Å². The van der Waals surface area contributed by atoms with E-state index < -0.39 is 0 Å². The van der Waals surface area contributed by atoms with Crippen LogP contribution in [0.2, 0.25) is 0 Å². The van der Waals surface area contributed by atoms with Gasteiger partial charge in [-0.15, -0.1) is 0 Å². The average Bonchev–Trinajstić information content (AvgIpc) is 2.92. The van der Waals surface area contributed by atoms with Gasteiger partial charge in [0.2, 0.25) is 0 Å². The third-order valence-electron chi connectivity index (χ3n) is 2.97. The zero-order valence-electron chi connectivity index (χ0n) is 10.3. The number of hydrogen-bond acceptors (Lipinski definition) is 4. The molecule has 19 heavy (non-hydrogen) atoms. The first kappa shape index (κ1) is 11.5. The van der Waals surface area contributed by atoms with Gasteiger partial charge in [0.25, 0.3) is 11.8 Å². The Bertz CT molecular complexity index is 675. The van der Waals surface area contributed by atoms with E-state index in [1.165, 1.54) is 0 Å². The highest BCUT2D eigenvalue weighted by Crippen LogP contribution is 2.20. The highest BCUT2D eigenvalue weighted by atomic mass is 16.2. The molecule has 1 aromatic heterocycles. The number of hydrogen-bond donors (Lipinski definition) is 3. The van der Waals surface area contributed by atoms with Crippen LogP contribution in [-0.2, 0) is 6.54 Å². The van der Waals surface area contributed by atoms with E-state index >= 15 is 0 Å². The van der Waals surface area contributed by atoms with E-state index in [1.807, 2.05) is 6.92 Å². The number of imide groups is 1. The smallest absolute Gasteiger partial charge is 0.259 e. The van der Waals surface area contributed by atoms with Crippen LogP contribution in [0.25, 0.3) is 0 Å². The number of aryl methyl sites for hydroxylation is 1. The first-order chi connectivity index (χ1) is 9.13. The van der Waals surface area contributed by atoms with Crippen molar-refractivity contribution in [3.8, 4) is 0 Å². The minimum absolute atomic E-state index is 0.337. The maximum atomic E-state index is 11.5. The fourth-order valence-electron chi connectivity index (χ4n) is 2.04. The predicted molar refractivity (Wildman–Crippen MR) is 68.9 cm³/mol. The molecule has 1 aromatic carbocycles. The van der Waals surface area contributed by atoms with Gasteiger partial charge in [-0.2, -0.15) is 0 Å². The summed E-state index contributed by atoms with van der Waals surface area (Å²) < 4.78 is 0. The molecule has 96 valence electrons. The normalized spacial score (nSPS) is 13.3. The molecule has 6 heteroatoms. The van der Waals surface area contributed by atoms with E-state index in [-0.39, 0.29) is 11.8 Å². The third-order valence-corrected chi connectivity index (χ3v) is 2.97. The topological polar surface area (TPSA) is 86.9 Å². The lowest BCUT2D eigenvalue weighted by Crippen LogP contribution is -2.19. The fourth-order valence-corrected chi connectivity index (χ4v) is 2.04. The Morgan fingerprint density at radius 3 is 2.74 bits per heavy atom. The van der Waals surface area contributed by atoms with Crippen molar-refractivity contribution in [1.82, 2.24) is 15.3 Å². The van der Waals surface area contributed by atoms with Crippen molar-refractivity contribution in [3.63, 3.8) is 0 Å². The lowest BCUT2D eigenvalue weighted by molar-refractivity contribution is 0.0879. The van der Waals surface area contributed by atoms with Crippen LogP contribution in [-0.4, -0.2) is 21.8 Å². The van der Waals surface area contributed by atoms with Crippen LogP contribution in [0.15, 0.2) is 24.4 Å². The molecular weight excluding hydrogens is 244 g/mol. The Kier molecular flexibility index (Phi) is 2.56. The number of benzene rings is 1. The number of carbonyl (C=O) groups is 2. The van der Waals surface area contributed by atoms with Gasteiger partial charge in [0.05, 0.1) is 29.6 Å². The summed E-state index contributed by atoms with van der Waals surface area (Å²) in [7, 11) is 0. The SMILES string of the molecule is Cc1ncc(CNc2ccc3c(c2)C(=O)NC3=O)[nH]1. The summed E-state index contributed by atoms with van der Waals surface area (Å²) in [6.07, 6.45) is 1.76. The maximum Gasteiger partial charge on any atom is 0.259 e. The Hall–Kier alpha value is -2.63. The van der Waals surface area contributed by atoms with Gasteiger partial charge >= 0.3 is 0 Å². The van der Waals surface area contributed by atoms with E-state index in [4.69, 9.17) is 0 Å². The Labute approximate surface area is 109 Å². The van der Waals surface area contributed by atoms with E-state index in [2.05, 4.69) is 20.6 Å². The molecule has 0 saturated heterocycles. The van der Waals surface area contributed by atoms with Crippen molar-refractivity contribution in [1.29, 1.82) is 0 Å².